The van der Waals surface area contributed by atoms with Crippen LogP contribution in [0.5, 0.6) is 0 Å². The van der Waals surface area contributed by atoms with Crippen LogP contribution in [0.1, 0.15) is 17.0 Å². The van der Waals surface area contributed by atoms with Crippen molar-refractivity contribution >= 4 is 5.91 Å². The Labute approximate surface area is 142 Å². The molecule has 0 saturated carbocycles. The Morgan fingerprint density at radius 1 is 1.04 bits per heavy atom. The predicted molar refractivity (Wildman–Crippen MR) is 92.6 cm³/mol. The number of carbonyl (C=O) groups is 1. The number of nitrogens with one attached hydrogen (secondary N) is 1. The molecule has 2 heterocycles. The van der Waals surface area contributed by atoms with Gasteiger partial charge in [0.15, 0.2) is 0 Å². The molecule has 3 atom stereocenters. The van der Waals surface area contributed by atoms with Crippen molar-refractivity contribution in [3.63, 3.8) is 0 Å². The van der Waals surface area contributed by atoms with Gasteiger partial charge >= 0.3 is 0 Å². The van der Waals surface area contributed by atoms with Gasteiger partial charge in [0.05, 0.1) is 12.1 Å². The van der Waals surface area contributed by atoms with Gasteiger partial charge in [0.2, 0.25) is 5.91 Å². The SMILES string of the molecule is O=C1CO[C@@H]2[C@@H](c3ccccc3)CN(Cc3ccccc3)[C@@H]2CN1. The Morgan fingerprint density at radius 3 is 2.50 bits per heavy atom. The predicted octanol–water partition coefficient (Wildman–Crippen LogP) is 2.17. The standard InChI is InChI=1S/C20H22N2O2/c23-19-14-24-20-17(16-9-5-2-6-10-16)13-22(18(20)11-21-19)12-15-7-3-1-4-8-15/h1-10,17-18,20H,11-14H2,(H,21,23)/t17-,18-,20-/m1/s1. The number of likely N-dealkylation sites (tertiary alicyclic amines) is 1. The molecule has 2 aliphatic rings. The first-order chi connectivity index (χ1) is 11.8. The summed E-state index contributed by atoms with van der Waals surface area (Å²) in [7, 11) is 0. The highest BCUT2D eigenvalue weighted by Gasteiger charge is 2.44. The first-order valence-corrected chi connectivity index (χ1v) is 8.52. The molecule has 2 aliphatic heterocycles. The molecule has 0 radical (unpaired) electrons. The lowest BCUT2D eigenvalue weighted by atomic mass is 9.93. The third-order valence-electron chi connectivity index (χ3n) is 5.05. The van der Waals surface area contributed by atoms with Crippen LogP contribution in [0.3, 0.4) is 0 Å². The minimum atomic E-state index is -0.0177. The van der Waals surface area contributed by atoms with Crippen LogP contribution in [-0.4, -0.2) is 42.6 Å². The quantitative estimate of drug-likeness (QED) is 0.942. The molecule has 0 spiro atoms. The minimum Gasteiger partial charge on any atom is -0.366 e. The lowest BCUT2D eigenvalue weighted by molar-refractivity contribution is -0.125. The molecule has 0 aliphatic carbocycles. The van der Waals surface area contributed by atoms with Gasteiger partial charge in [0.1, 0.15) is 6.61 Å². The van der Waals surface area contributed by atoms with E-state index in [2.05, 4.69) is 58.7 Å². The average Bonchev–Trinajstić information content (AvgIpc) is 2.85. The van der Waals surface area contributed by atoms with Crippen molar-refractivity contribution in [2.24, 2.45) is 0 Å². The molecule has 1 N–H and O–H groups in total. The van der Waals surface area contributed by atoms with Crippen molar-refractivity contribution in [3.8, 4) is 0 Å². The number of amides is 1. The summed E-state index contributed by atoms with van der Waals surface area (Å²) < 4.78 is 6.02. The first kappa shape index (κ1) is 15.4. The summed E-state index contributed by atoms with van der Waals surface area (Å²) in [6.07, 6.45) is 0.0510. The number of rotatable bonds is 3. The second-order valence-corrected chi connectivity index (χ2v) is 6.58. The van der Waals surface area contributed by atoms with Crippen LogP contribution in [-0.2, 0) is 16.1 Å². The molecule has 4 heteroatoms. The van der Waals surface area contributed by atoms with E-state index in [9.17, 15) is 4.79 Å². The van der Waals surface area contributed by atoms with Crippen molar-refractivity contribution in [2.75, 3.05) is 19.7 Å². The van der Waals surface area contributed by atoms with Gasteiger partial charge in [0, 0.05) is 25.6 Å². The Kier molecular flexibility index (Phi) is 4.32. The highest BCUT2D eigenvalue weighted by Crippen LogP contribution is 2.35. The number of fused-ring (bicyclic) bond motifs is 1. The second-order valence-electron chi connectivity index (χ2n) is 6.58. The van der Waals surface area contributed by atoms with Crippen LogP contribution in [0.25, 0.3) is 0 Å². The molecule has 4 nitrogen and oxygen atoms in total. The Hall–Kier alpha value is -2.17. The van der Waals surface area contributed by atoms with Crippen molar-refractivity contribution in [3.05, 3.63) is 71.8 Å². The minimum absolute atomic E-state index is 0.0177. The third-order valence-corrected chi connectivity index (χ3v) is 5.05. The second kappa shape index (κ2) is 6.75. The normalized spacial score (nSPS) is 27.3. The van der Waals surface area contributed by atoms with Crippen molar-refractivity contribution in [1.82, 2.24) is 10.2 Å². The van der Waals surface area contributed by atoms with E-state index in [1.807, 2.05) is 12.1 Å². The van der Waals surface area contributed by atoms with Gasteiger partial charge in [-0.1, -0.05) is 60.7 Å². The molecule has 0 aromatic heterocycles. The van der Waals surface area contributed by atoms with E-state index in [-0.39, 0.29) is 24.7 Å². The molecule has 2 aromatic rings. The van der Waals surface area contributed by atoms with Gasteiger partial charge in [-0.25, -0.2) is 0 Å². The van der Waals surface area contributed by atoms with Gasteiger partial charge < -0.3 is 10.1 Å². The Morgan fingerprint density at radius 2 is 1.75 bits per heavy atom. The fourth-order valence-corrected chi connectivity index (χ4v) is 3.88. The molecular weight excluding hydrogens is 300 g/mol. The topological polar surface area (TPSA) is 41.6 Å². The summed E-state index contributed by atoms with van der Waals surface area (Å²) in [4.78, 5) is 14.2. The number of carbonyl (C=O) groups excluding carboxylic acids is 1. The number of nitrogens with zero attached hydrogens (tertiary/aromatic N) is 1. The lowest BCUT2D eigenvalue weighted by Crippen LogP contribution is -2.42. The Bertz CT molecular complexity index is 689. The van der Waals surface area contributed by atoms with Gasteiger partial charge in [-0.05, 0) is 11.1 Å². The maximum atomic E-state index is 11.8. The first-order valence-electron chi connectivity index (χ1n) is 8.52. The highest BCUT2D eigenvalue weighted by molar-refractivity contribution is 5.77. The third kappa shape index (κ3) is 3.07. The molecule has 1 amide bonds. The molecule has 2 fully saturated rings. The maximum Gasteiger partial charge on any atom is 0.246 e. The van der Waals surface area contributed by atoms with Crippen LogP contribution in [0.2, 0.25) is 0 Å². The molecule has 4 rings (SSSR count). The van der Waals surface area contributed by atoms with Crippen LogP contribution in [0.4, 0.5) is 0 Å². The number of hydrogen-bond donors (Lipinski definition) is 1. The molecule has 24 heavy (non-hydrogen) atoms. The number of ether oxygens (including phenoxy) is 1. The molecular formula is C20H22N2O2. The fourth-order valence-electron chi connectivity index (χ4n) is 3.88. The summed E-state index contributed by atoms with van der Waals surface area (Å²) in [5.41, 5.74) is 2.58. The molecule has 0 bridgehead atoms. The van der Waals surface area contributed by atoms with Crippen LogP contribution < -0.4 is 5.32 Å². The van der Waals surface area contributed by atoms with Gasteiger partial charge in [-0.3, -0.25) is 9.69 Å². The highest BCUT2D eigenvalue weighted by atomic mass is 16.5. The number of hydrogen-bond acceptors (Lipinski definition) is 3. The smallest absolute Gasteiger partial charge is 0.246 e. The monoisotopic (exact) mass is 322 g/mol. The van der Waals surface area contributed by atoms with Gasteiger partial charge in [-0.2, -0.15) is 0 Å². The van der Waals surface area contributed by atoms with Crippen molar-refractivity contribution < 1.29 is 9.53 Å². The van der Waals surface area contributed by atoms with Crippen LogP contribution in [0, 0.1) is 0 Å². The Balaban J connectivity index is 1.61. The number of benzene rings is 2. The van der Waals surface area contributed by atoms with E-state index in [0.29, 0.717) is 12.5 Å². The zero-order valence-electron chi connectivity index (χ0n) is 13.6. The summed E-state index contributed by atoms with van der Waals surface area (Å²) in [5, 5.41) is 3.00. The van der Waals surface area contributed by atoms with Crippen LogP contribution in [0.15, 0.2) is 60.7 Å². The average molecular weight is 322 g/mol. The van der Waals surface area contributed by atoms with E-state index in [1.54, 1.807) is 0 Å². The van der Waals surface area contributed by atoms with E-state index >= 15 is 0 Å². The molecule has 2 aromatic carbocycles. The van der Waals surface area contributed by atoms with Crippen molar-refractivity contribution in [2.45, 2.75) is 24.6 Å². The lowest BCUT2D eigenvalue weighted by Gasteiger charge is -2.26. The zero-order valence-corrected chi connectivity index (χ0v) is 13.6. The van der Waals surface area contributed by atoms with E-state index in [1.165, 1.54) is 11.1 Å². The summed E-state index contributed by atoms with van der Waals surface area (Å²) >= 11 is 0. The fraction of sp³-hybridized carbons (Fsp3) is 0.350. The van der Waals surface area contributed by atoms with E-state index < -0.39 is 0 Å². The molecule has 124 valence electrons. The van der Waals surface area contributed by atoms with Gasteiger partial charge in [0.25, 0.3) is 0 Å². The zero-order chi connectivity index (χ0) is 16.4. The van der Waals surface area contributed by atoms with E-state index in [0.717, 1.165) is 13.1 Å². The van der Waals surface area contributed by atoms with Crippen LogP contribution >= 0.6 is 0 Å². The maximum absolute atomic E-state index is 11.8. The largest absolute Gasteiger partial charge is 0.366 e. The summed E-state index contributed by atoms with van der Waals surface area (Å²) in [6.45, 7) is 2.64. The summed E-state index contributed by atoms with van der Waals surface area (Å²) in [6, 6.07) is 21.2. The van der Waals surface area contributed by atoms with E-state index in [4.69, 9.17) is 4.74 Å². The van der Waals surface area contributed by atoms with Crippen molar-refractivity contribution in [1.29, 1.82) is 0 Å². The summed E-state index contributed by atoms with van der Waals surface area (Å²) in [5.74, 6) is 0.281. The molecule has 2 saturated heterocycles. The van der Waals surface area contributed by atoms with Gasteiger partial charge in [-0.15, -0.1) is 0 Å². The molecule has 0 unspecified atom stereocenters.